The minimum absolute atomic E-state index is 0.0916. The van der Waals surface area contributed by atoms with Gasteiger partial charge in [-0.05, 0) is 113 Å². The number of carbonyl (C=O) groups excluding carboxylic acids is 2. The summed E-state index contributed by atoms with van der Waals surface area (Å²) in [5.74, 6) is -1.74. The van der Waals surface area contributed by atoms with Crippen molar-refractivity contribution in [1.29, 1.82) is 0 Å². The number of nitrogens with zero attached hydrogens (tertiary/aromatic N) is 1. The molecule has 0 unspecified atom stereocenters. The highest BCUT2D eigenvalue weighted by molar-refractivity contribution is 14.1. The van der Waals surface area contributed by atoms with Crippen molar-refractivity contribution in [2.75, 3.05) is 12.0 Å². The van der Waals surface area contributed by atoms with E-state index in [4.69, 9.17) is 9.39 Å². The van der Waals surface area contributed by atoms with E-state index in [1.165, 1.54) is 24.1 Å². The van der Waals surface area contributed by atoms with Gasteiger partial charge in [-0.2, -0.15) is 0 Å². The number of anilines is 1. The van der Waals surface area contributed by atoms with Gasteiger partial charge < -0.3 is 29.6 Å². The SMILES string of the molecule is CCC1=C2[C@@H](CC/C(=C/c3cc(I)c(O)c(OC)c3)c3ccccc3)OB(O)C[C@@H]2[C@@H]2C(=O)N(c3cccc(B(O)O)c3)C(=O)[C@@H]2C1. The Kier molecular flexibility index (Phi) is 9.95. The molecule has 242 valence electrons. The zero-order chi connectivity index (χ0) is 33.4. The Hall–Kier alpha value is -3.42. The lowest BCUT2D eigenvalue weighted by molar-refractivity contribution is -0.122. The summed E-state index contributed by atoms with van der Waals surface area (Å²) in [6.45, 7) is 2.04. The van der Waals surface area contributed by atoms with Crippen molar-refractivity contribution in [1.82, 2.24) is 0 Å². The van der Waals surface area contributed by atoms with E-state index in [9.17, 15) is 29.8 Å². The van der Waals surface area contributed by atoms with E-state index in [1.54, 1.807) is 18.2 Å². The van der Waals surface area contributed by atoms with E-state index >= 15 is 0 Å². The number of rotatable bonds is 9. The van der Waals surface area contributed by atoms with Crippen molar-refractivity contribution in [3.63, 3.8) is 0 Å². The van der Waals surface area contributed by atoms with Crippen LogP contribution in [0.25, 0.3) is 11.6 Å². The second-order valence-electron chi connectivity index (χ2n) is 12.3. The van der Waals surface area contributed by atoms with Crippen molar-refractivity contribution in [3.05, 3.63) is 92.6 Å². The van der Waals surface area contributed by atoms with Gasteiger partial charge in [-0.15, -0.1) is 0 Å². The summed E-state index contributed by atoms with van der Waals surface area (Å²) in [6, 6.07) is 19.9. The summed E-state index contributed by atoms with van der Waals surface area (Å²) in [5, 5.41) is 40.8. The molecular formula is C35H36B2INO8. The fraction of sp³-hybridized carbons (Fsp3) is 0.314. The number of phenols is 1. The maximum atomic E-state index is 14.1. The van der Waals surface area contributed by atoms with Crippen molar-refractivity contribution in [2.45, 2.75) is 45.0 Å². The zero-order valence-corrected chi connectivity index (χ0v) is 28.3. The number of halogens is 1. The van der Waals surface area contributed by atoms with Gasteiger partial charge in [-0.1, -0.05) is 61.0 Å². The van der Waals surface area contributed by atoms with Gasteiger partial charge in [0.05, 0.1) is 34.3 Å². The topological polar surface area (TPSA) is 137 Å². The summed E-state index contributed by atoms with van der Waals surface area (Å²) < 4.78 is 12.3. The molecule has 2 aliphatic heterocycles. The maximum Gasteiger partial charge on any atom is 0.488 e. The summed E-state index contributed by atoms with van der Waals surface area (Å²) in [4.78, 5) is 29.0. The first-order valence-corrected chi connectivity index (χ1v) is 16.9. The van der Waals surface area contributed by atoms with Gasteiger partial charge in [0.1, 0.15) is 0 Å². The Labute approximate surface area is 288 Å². The lowest BCUT2D eigenvalue weighted by atomic mass is 9.58. The van der Waals surface area contributed by atoms with Crippen LogP contribution in [0, 0.1) is 21.3 Å². The molecule has 0 aromatic heterocycles. The van der Waals surface area contributed by atoms with E-state index in [1.807, 2.05) is 43.3 Å². The molecule has 0 radical (unpaired) electrons. The normalized spacial score (nSPS) is 22.8. The average Bonchev–Trinajstić information content (AvgIpc) is 3.32. The monoisotopic (exact) mass is 747 g/mol. The highest BCUT2D eigenvalue weighted by Crippen LogP contribution is 2.52. The maximum absolute atomic E-state index is 14.1. The third-order valence-corrected chi connectivity index (χ3v) is 10.4. The molecule has 3 aromatic carbocycles. The molecule has 4 atom stereocenters. The number of carbonyl (C=O) groups is 2. The van der Waals surface area contributed by atoms with Crippen LogP contribution in [-0.4, -0.2) is 59.4 Å². The summed E-state index contributed by atoms with van der Waals surface area (Å²) in [6.07, 6.45) is 4.08. The third-order valence-electron chi connectivity index (χ3n) is 9.59. The quantitative estimate of drug-likeness (QED) is 0.0832. The minimum Gasteiger partial charge on any atom is -0.504 e. The number of aromatic hydroxyl groups is 1. The fourth-order valence-corrected chi connectivity index (χ4v) is 8.08. The van der Waals surface area contributed by atoms with E-state index < -0.39 is 32.2 Å². The molecule has 0 bridgehead atoms. The van der Waals surface area contributed by atoms with Crippen LogP contribution in [0.3, 0.4) is 0 Å². The molecule has 1 aliphatic carbocycles. The number of hydrogen-bond donors (Lipinski definition) is 4. The van der Waals surface area contributed by atoms with Crippen LogP contribution in [0.1, 0.15) is 43.7 Å². The van der Waals surface area contributed by atoms with Gasteiger partial charge in [-0.3, -0.25) is 14.5 Å². The van der Waals surface area contributed by atoms with Gasteiger partial charge in [0.25, 0.3) is 0 Å². The molecule has 2 saturated heterocycles. The van der Waals surface area contributed by atoms with E-state index in [-0.39, 0.29) is 35.3 Å². The van der Waals surface area contributed by atoms with Gasteiger partial charge >= 0.3 is 14.2 Å². The Bertz CT molecular complexity index is 1750. The van der Waals surface area contributed by atoms with E-state index in [0.29, 0.717) is 40.7 Å². The van der Waals surface area contributed by atoms with Crippen LogP contribution in [0.15, 0.2) is 77.9 Å². The van der Waals surface area contributed by atoms with Crippen LogP contribution in [0.2, 0.25) is 6.32 Å². The van der Waals surface area contributed by atoms with Crippen LogP contribution in [0.5, 0.6) is 11.5 Å². The van der Waals surface area contributed by atoms with Crippen LogP contribution in [0.4, 0.5) is 5.69 Å². The number of phenolic OH excluding ortho intramolecular Hbond substituents is 1. The Morgan fingerprint density at radius 2 is 1.85 bits per heavy atom. The third kappa shape index (κ3) is 6.54. The molecule has 2 amide bonds. The standard InChI is InChI=1S/C35H36B2INO8/c1-3-21-17-26-32(35(42)39(34(26)41)25-11-7-10-24(18-25)37(44)45)27-19-36(43)47-29(31(21)27)13-12-23(22-8-5-4-6-9-22)14-20-15-28(38)33(40)30(16-20)46-2/h4-11,14-16,18,26-27,29,32,40,43-45H,3,12-13,17,19H2,1-2H3/b23-14-/t26-,27+,29-,32-/m1/s1. The molecule has 12 heteroatoms. The van der Waals surface area contributed by atoms with E-state index in [0.717, 1.165) is 27.8 Å². The Morgan fingerprint density at radius 3 is 2.55 bits per heavy atom. The molecular weight excluding hydrogens is 711 g/mol. The molecule has 47 heavy (non-hydrogen) atoms. The largest absolute Gasteiger partial charge is 0.504 e. The molecule has 0 spiro atoms. The molecule has 2 heterocycles. The smallest absolute Gasteiger partial charge is 0.488 e. The highest BCUT2D eigenvalue weighted by atomic mass is 127. The van der Waals surface area contributed by atoms with Gasteiger partial charge in [0.2, 0.25) is 11.8 Å². The first-order chi connectivity index (χ1) is 22.6. The molecule has 6 rings (SSSR count). The molecule has 4 N–H and O–H groups in total. The minimum atomic E-state index is -1.73. The lowest BCUT2D eigenvalue weighted by Crippen LogP contribution is -2.46. The number of hydrogen-bond acceptors (Lipinski definition) is 8. The molecule has 3 aromatic rings. The van der Waals surface area contributed by atoms with Gasteiger partial charge in [-0.25, -0.2) is 0 Å². The van der Waals surface area contributed by atoms with Crippen molar-refractivity contribution in [2.24, 2.45) is 17.8 Å². The molecule has 3 aliphatic rings. The van der Waals surface area contributed by atoms with Crippen LogP contribution in [-0.2, 0) is 14.2 Å². The van der Waals surface area contributed by atoms with Crippen molar-refractivity contribution < 1.29 is 39.2 Å². The molecule has 2 fully saturated rings. The second kappa shape index (κ2) is 14.0. The summed E-state index contributed by atoms with van der Waals surface area (Å²) in [7, 11) is -1.31. The lowest BCUT2D eigenvalue weighted by Gasteiger charge is -2.43. The first kappa shape index (κ1) is 33.5. The zero-order valence-electron chi connectivity index (χ0n) is 26.2. The van der Waals surface area contributed by atoms with E-state index in [2.05, 4.69) is 28.7 Å². The van der Waals surface area contributed by atoms with Crippen LogP contribution < -0.4 is 15.1 Å². The van der Waals surface area contributed by atoms with Crippen molar-refractivity contribution >= 4 is 71.4 Å². The number of imide groups is 1. The van der Waals surface area contributed by atoms with Crippen LogP contribution >= 0.6 is 22.6 Å². The number of ether oxygens (including phenoxy) is 1. The Balaban J connectivity index is 1.32. The second-order valence-corrected chi connectivity index (χ2v) is 13.4. The van der Waals surface area contributed by atoms with Gasteiger partial charge in [0.15, 0.2) is 11.5 Å². The Morgan fingerprint density at radius 1 is 1.09 bits per heavy atom. The summed E-state index contributed by atoms with van der Waals surface area (Å²) in [5.41, 5.74) is 5.52. The fourth-order valence-electron chi connectivity index (χ4n) is 7.45. The first-order valence-electron chi connectivity index (χ1n) is 15.8. The predicted molar refractivity (Wildman–Crippen MR) is 190 cm³/mol. The number of methoxy groups -OCH3 is 1. The predicted octanol–water partition coefficient (Wildman–Crippen LogP) is 4.42. The number of amides is 2. The van der Waals surface area contributed by atoms with Crippen molar-refractivity contribution in [3.8, 4) is 11.5 Å². The number of benzene rings is 3. The average molecular weight is 747 g/mol. The highest BCUT2D eigenvalue weighted by Gasteiger charge is 2.57. The summed E-state index contributed by atoms with van der Waals surface area (Å²) >= 11 is 2.08. The van der Waals surface area contributed by atoms with Gasteiger partial charge in [0, 0.05) is 0 Å². The molecule has 9 nitrogen and oxygen atoms in total. The number of allylic oxidation sites excluding steroid dienone is 2. The molecule has 0 saturated carbocycles. The number of fused-ring (bicyclic) bond motifs is 3.